The van der Waals surface area contributed by atoms with Gasteiger partial charge in [-0.25, -0.2) is 0 Å². The lowest BCUT2D eigenvalue weighted by atomic mass is 10.0. The minimum Gasteiger partial charge on any atom is -0.393 e. The van der Waals surface area contributed by atoms with E-state index >= 15 is 0 Å². The summed E-state index contributed by atoms with van der Waals surface area (Å²) in [7, 11) is 0. The van der Waals surface area contributed by atoms with Crippen molar-refractivity contribution in [3.05, 3.63) is 35.4 Å². The van der Waals surface area contributed by atoms with Gasteiger partial charge in [0.2, 0.25) is 0 Å². The largest absolute Gasteiger partial charge is 0.393 e. The molecule has 0 bridgehead atoms. The summed E-state index contributed by atoms with van der Waals surface area (Å²) in [5, 5.41) is 9.39. The van der Waals surface area contributed by atoms with Crippen molar-refractivity contribution in [2.75, 3.05) is 0 Å². The van der Waals surface area contributed by atoms with E-state index in [0.29, 0.717) is 0 Å². The summed E-state index contributed by atoms with van der Waals surface area (Å²) in [6.45, 7) is 4.14. The molecule has 0 saturated heterocycles. The van der Waals surface area contributed by atoms with Crippen LogP contribution in [0, 0.1) is 6.92 Å². The highest BCUT2D eigenvalue weighted by Gasteiger charge is 2.00. The van der Waals surface area contributed by atoms with E-state index < -0.39 is 0 Å². The van der Waals surface area contributed by atoms with Crippen molar-refractivity contribution in [1.29, 1.82) is 0 Å². The zero-order valence-electron chi connectivity index (χ0n) is 9.16. The molecular weight excluding hydrogens is 172 g/mol. The lowest BCUT2D eigenvalue weighted by Crippen LogP contribution is -2.04. The fraction of sp³-hybridized carbons (Fsp3) is 0.538. The van der Waals surface area contributed by atoms with Crippen molar-refractivity contribution in [1.82, 2.24) is 0 Å². The third-order valence-corrected chi connectivity index (χ3v) is 2.56. The second kappa shape index (κ2) is 5.82. The highest BCUT2D eigenvalue weighted by molar-refractivity contribution is 5.22. The summed E-state index contributed by atoms with van der Waals surface area (Å²) in [5.74, 6) is 0. The van der Waals surface area contributed by atoms with Gasteiger partial charge in [-0.3, -0.25) is 0 Å². The van der Waals surface area contributed by atoms with Crippen LogP contribution in [0.15, 0.2) is 24.3 Å². The number of rotatable bonds is 5. The van der Waals surface area contributed by atoms with Crippen LogP contribution in [0.25, 0.3) is 0 Å². The van der Waals surface area contributed by atoms with E-state index in [2.05, 4.69) is 31.2 Å². The lowest BCUT2D eigenvalue weighted by Gasteiger charge is -2.07. The van der Waals surface area contributed by atoms with Crippen LogP contribution in [0.4, 0.5) is 0 Å². The molecule has 0 spiro atoms. The highest BCUT2D eigenvalue weighted by Crippen LogP contribution is 2.09. The van der Waals surface area contributed by atoms with Gasteiger partial charge in [-0.15, -0.1) is 0 Å². The Labute approximate surface area is 86.8 Å². The second-order valence-electron chi connectivity index (χ2n) is 3.94. The van der Waals surface area contributed by atoms with Crippen molar-refractivity contribution in [2.45, 2.75) is 45.6 Å². The van der Waals surface area contributed by atoms with E-state index in [9.17, 15) is 5.11 Å². The second-order valence-corrected chi connectivity index (χ2v) is 3.94. The molecule has 1 unspecified atom stereocenters. The molecule has 0 saturated carbocycles. The van der Waals surface area contributed by atoms with Gasteiger partial charge in [0.15, 0.2) is 0 Å². The summed E-state index contributed by atoms with van der Waals surface area (Å²) >= 11 is 0. The highest BCUT2D eigenvalue weighted by atomic mass is 16.3. The van der Waals surface area contributed by atoms with Crippen LogP contribution in [0.1, 0.15) is 37.3 Å². The van der Waals surface area contributed by atoms with Crippen LogP contribution in [-0.4, -0.2) is 11.2 Å². The molecule has 1 N–H and O–H groups in total. The van der Waals surface area contributed by atoms with Gasteiger partial charge >= 0.3 is 0 Å². The Hall–Kier alpha value is -0.820. The molecular formula is C13H20O. The van der Waals surface area contributed by atoms with Crippen molar-refractivity contribution >= 4 is 0 Å². The molecule has 0 aromatic heterocycles. The number of aliphatic hydroxyl groups excluding tert-OH is 1. The molecule has 14 heavy (non-hydrogen) atoms. The molecule has 1 atom stereocenters. The first-order valence-electron chi connectivity index (χ1n) is 5.46. The Morgan fingerprint density at radius 2 is 2.14 bits per heavy atom. The molecule has 0 heterocycles. The Balaban J connectivity index is 2.31. The molecule has 0 radical (unpaired) electrons. The zero-order chi connectivity index (χ0) is 10.4. The van der Waals surface area contributed by atoms with Gasteiger partial charge in [0.05, 0.1) is 6.10 Å². The topological polar surface area (TPSA) is 20.2 Å². The summed E-state index contributed by atoms with van der Waals surface area (Å²) in [6.07, 6.45) is 3.84. The average molecular weight is 192 g/mol. The Bertz CT molecular complexity index is 268. The molecule has 0 aliphatic carbocycles. The molecule has 0 aliphatic heterocycles. The van der Waals surface area contributed by atoms with Gasteiger partial charge in [0.1, 0.15) is 0 Å². The number of benzene rings is 1. The predicted octanol–water partition coefficient (Wildman–Crippen LogP) is 3.09. The number of aryl methyl sites for hydroxylation is 2. The quantitative estimate of drug-likeness (QED) is 0.760. The first kappa shape index (κ1) is 11.3. The standard InChI is InChI=1S/C13H20O/c1-3-13(14)9-5-8-12-7-4-6-11(2)10-12/h4,6-7,10,13-14H,3,5,8-9H2,1-2H3. The van der Waals surface area contributed by atoms with Crippen LogP contribution in [0.5, 0.6) is 0 Å². The van der Waals surface area contributed by atoms with Crippen LogP contribution in [0.3, 0.4) is 0 Å². The van der Waals surface area contributed by atoms with E-state index in [-0.39, 0.29) is 6.10 Å². The molecule has 1 aromatic carbocycles. The molecule has 1 aromatic rings. The Morgan fingerprint density at radius 3 is 2.79 bits per heavy atom. The maximum Gasteiger partial charge on any atom is 0.0537 e. The predicted molar refractivity (Wildman–Crippen MR) is 60.4 cm³/mol. The number of hydrogen-bond acceptors (Lipinski definition) is 1. The summed E-state index contributed by atoms with van der Waals surface area (Å²) in [6, 6.07) is 8.59. The van der Waals surface area contributed by atoms with Gasteiger partial charge in [-0.1, -0.05) is 36.8 Å². The maximum absolute atomic E-state index is 9.39. The van der Waals surface area contributed by atoms with Crippen molar-refractivity contribution < 1.29 is 5.11 Å². The first-order chi connectivity index (χ1) is 6.72. The normalized spacial score (nSPS) is 12.8. The third-order valence-electron chi connectivity index (χ3n) is 2.56. The van der Waals surface area contributed by atoms with Crippen molar-refractivity contribution in [3.63, 3.8) is 0 Å². The molecule has 1 nitrogen and oxygen atoms in total. The monoisotopic (exact) mass is 192 g/mol. The van der Waals surface area contributed by atoms with Crippen LogP contribution < -0.4 is 0 Å². The van der Waals surface area contributed by atoms with Gasteiger partial charge in [-0.05, 0) is 38.2 Å². The minimum atomic E-state index is -0.111. The van der Waals surface area contributed by atoms with Crippen LogP contribution >= 0.6 is 0 Å². The molecule has 0 aliphatic rings. The van der Waals surface area contributed by atoms with Gasteiger partial charge in [-0.2, -0.15) is 0 Å². The van der Waals surface area contributed by atoms with Gasteiger partial charge in [0, 0.05) is 0 Å². The summed E-state index contributed by atoms with van der Waals surface area (Å²) in [5.41, 5.74) is 2.70. The average Bonchev–Trinajstić information content (AvgIpc) is 2.17. The Kier molecular flexibility index (Phi) is 4.68. The van der Waals surface area contributed by atoms with Gasteiger partial charge < -0.3 is 5.11 Å². The van der Waals surface area contributed by atoms with E-state index in [1.807, 2.05) is 6.92 Å². The van der Waals surface area contributed by atoms with E-state index in [4.69, 9.17) is 0 Å². The Morgan fingerprint density at radius 1 is 1.36 bits per heavy atom. The van der Waals surface area contributed by atoms with Crippen molar-refractivity contribution in [3.8, 4) is 0 Å². The molecule has 78 valence electrons. The molecule has 0 fully saturated rings. The SMILES string of the molecule is CCC(O)CCCc1cccc(C)c1. The van der Waals surface area contributed by atoms with E-state index in [1.54, 1.807) is 0 Å². The minimum absolute atomic E-state index is 0.111. The fourth-order valence-corrected chi connectivity index (χ4v) is 1.61. The fourth-order valence-electron chi connectivity index (χ4n) is 1.61. The summed E-state index contributed by atoms with van der Waals surface area (Å²) in [4.78, 5) is 0. The van der Waals surface area contributed by atoms with E-state index in [1.165, 1.54) is 11.1 Å². The smallest absolute Gasteiger partial charge is 0.0537 e. The first-order valence-corrected chi connectivity index (χ1v) is 5.46. The number of hydrogen-bond donors (Lipinski definition) is 1. The van der Waals surface area contributed by atoms with Crippen LogP contribution in [-0.2, 0) is 6.42 Å². The zero-order valence-corrected chi connectivity index (χ0v) is 9.16. The van der Waals surface area contributed by atoms with Gasteiger partial charge in [0.25, 0.3) is 0 Å². The van der Waals surface area contributed by atoms with Crippen LogP contribution in [0.2, 0.25) is 0 Å². The maximum atomic E-state index is 9.39. The molecule has 1 heteroatoms. The number of aliphatic hydroxyl groups is 1. The third kappa shape index (κ3) is 3.93. The summed E-state index contributed by atoms with van der Waals surface area (Å²) < 4.78 is 0. The molecule has 1 rings (SSSR count). The van der Waals surface area contributed by atoms with E-state index in [0.717, 1.165) is 25.7 Å². The lowest BCUT2D eigenvalue weighted by molar-refractivity contribution is 0.158. The van der Waals surface area contributed by atoms with Crippen molar-refractivity contribution in [2.24, 2.45) is 0 Å². The molecule has 0 amide bonds.